The lowest BCUT2D eigenvalue weighted by Gasteiger charge is -2.31. The van der Waals surface area contributed by atoms with Crippen LogP contribution in [0.5, 0.6) is 0 Å². The molecule has 1 atom stereocenters. The van der Waals surface area contributed by atoms with Gasteiger partial charge in [0.25, 0.3) is 5.91 Å². The number of hydrogen-bond donors (Lipinski definition) is 1. The number of carbonyl (C=O) groups excluding carboxylic acids is 1. The Kier molecular flexibility index (Phi) is 6.56. The molecule has 1 aliphatic rings. The molecule has 1 unspecified atom stereocenters. The van der Waals surface area contributed by atoms with E-state index in [0.29, 0.717) is 9.87 Å². The molecule has 1 aliphatic heterocycles. The van der Waals surface area contributed by atoms with Gasteiger partial charge >= 0.3 is 6.18 Å². The van der Waals surface area contributed by atoms with Crippen LogP contribution in [0.3, 0.4) is 0 Å². The summed E-state index contributed by atoms with van der Waals surface area (Å²) in [5, 5.41) is 6.70. The molecule has 3 rings (SSSR count). The maximum Gasteiger partial charge on any atom is 0.435 e. The normalized spacial score (nSPS) is 16.6. The summed E-state index contributed by atoms with van der Waals surface area (Å²) in [5.41, 5.74) is -0.762. The molecule has 7 nitrogen and oxygen atoms in total. The molecule has 0 saturated carbocycles. The number of halogens is 5. The van der Waals surface area contributed by atoms with Gasteiger partial charge < -0.3 is 5.32 Å². The number of nitrogens with zero attached hydrogens (tertiary/aromatic N) is 3. The molecule has 13 heteroatoms. The predicted molar refractivity (Wildman–Crippen MR) is 115 cm³/mol. The van der Waals surface area contributed by atoms with Gasteiger partial charge in [0.1, 0.15) is 11.9 Å². The summed E-state index contributed by atoms with van der Waals surface area (Å²) in [6.45, 7) is 3.12. The second-order valence-corrected chi connectivity index (χ2v) is 10.1. The molecule has 174 valence electrons. The van der Waals surface area contributed by atoms with E-state index < -0.39 is 33.8 Å². The lowest BCUT2D eigenvalue weighted by molar-refractivity contribution is -0.141. The third-order valence-electron chi connectivity index (χ3n) is 4.92. The van der Waals surface area contributed by atoms with Gasteiger partial charge in [-0.05, 0) is 31.0 Å². The Morgan fingerprint density at radius 2 is 1.91 bits per heavy atom. The number of rotatable bonds is 5. The van der Waals surface area contributed by atoms with Crippen LogP contribution in [-0.4, -0.2) is 41.2 Å². The van der Waals surface area contributed by atoms with Crippen LogP contribution >= 0.6 is 23.2 Å². The number of amides is 1. The molecule has 0 aliphatic carbocycles. The maximum atomic E-state index is 13.3. The Morgan fingerprint density at radius 1 is 1.25 bits per heavy atom. The quantitative estimate of drug-likeness (QED) is 0.630. The van der Waals surface area contributed by atoms with Gasteiger partial charge in [-0.2, -0.15) is 18.3 Å². The largest absolute Gasteiger partial charge is 0.435 e. The second-order valence-electron chi connectivity index (χ2n) is 7.19. The van der Waals surface area contributed by atoms with E-state index in [1.54, 1.807) is 6.92 Å². The standard InChI is InChI=1S/C19H19Cl2F3N4O3S/c1-4-7-32(30,31)27(3)18(29)16-10(2)25-15-9-14(19(22,23)24)26-28(15)17(16)11-5-6-12(20)13(21)8-11/h5-6,8-9,17,25H,4,7H2,1-3H3. The van der Waals surface area contributed by atoms with Gasteiger partial charge in [0.15, 0.2) is 5.69 Å². The van der Waals surface area contributed by atoms with Crippen LogP contribution in [0.2, 0.25) is 10.0 Å². The van der Waals surface area contributed by atoms with Crippen molar-refractivity contribution in [2.24, 2.45) is 0 Å². The molecule has 2 heterocycles. The zero-order valence-electron chi connectivity index (χ0n) is 17.2. The van der Waals surface area contributed by atoms with Gasteiger partial charge in [0, 0.05) is 18.8 Å². The van der Waals surface area contributed by atoms with E-state index in [-0.39, 0.29) is 39.3 Å². The summed E-state index contributed by atoms with van der Waals surface area (Å²) in [6.07, 6.45) is -4.45. The molecule has 0 radical (unpaired) electrons. The molecule has 1 aromatic heterocycles. The predicted octanol–water partition coefficient (Wildman–Crippen LogP) is 4.70. The van der Waals surface area contributed by atoms with Crippen molar-refractivity contribution in [3.05, 3.63) is 56.8 Å². The second kappa shape index (κ2) is 8.60. The summed E-state index contributed by atoms with van der Waals surface area (Å²) in [6, 6.07) is 3.96. The molecule has 1 aromatic carbocycles. The van der Waals surface area contributed by atoms with Crippen LogP contribution in [0.1, 0.15) is 37.6 Å². The lowest BCUT2D eigenvalue weighted by atomic mass is 9.95. The van der Waals surface area contributed by atoms with Gasteiger partial charge in [-0.15, -0.1) is 0 Å². The zero-order chi connectivity index (χ0) is 24.0. The molecule has 1 N–H and O–H groups in total. The lowest BCUT2D eigenvalue weighted by Crippen LogP contribution is -2.40. The van der Waals surface area contributed by atoms with Crippen molar-refractivity contribution in [2.45, 2.75) is 32.5 Å². The molecule has 32 heavy (non-hydrogen) atoms. The highest BCUT2D eigenvalue weighted by atomic mass is 35.5. The number of benzene rings is 1. The highest BCUT2D eigenvalue weighted by molar-refractivity contribution is 7.89. The van der Waals surface area contributed by atoms with Gasteiger partial charge in [0.05, 0.1) is 21.4 Å². The van der Waals surface area contributed by atoms with Crippen LogP contribution in [0.15, 0.2) is 35.5 Å². The first-order valence-electron chi connectivity index (χ1n) is 9.38. The Balaban J connectivity index is 2.21. The summed E-state index contributed by atoms with van der Waals surface area (Å²) in [7, 11) is -2.82. The average molecular weight is 511 g/mol. The van der Waals surface area contributed by atoms with Crippen molar-refractivity contribution in [3.63, 3.8) is 0 Å². The first kappa shape index (κ1) is 24.4. The molecule has 0 bridgehead atoms. The minimum Gasteiger partial charge on any atom is -0.344 e. The number of allylic oxidation sites excluding steroid dienone is 1. The minimum absolute atomic E-state index is 0.0125. The van der Waals surface area contributed by atoms with Gasteiger partial charge in [-0.3, -0.25) is 4.79 Å². The van der Waals surface area contributed by atoms with E-state index in [2.05, 4.69) is 10.4 Å². The van der Waals surface area contributed by atoms with E-state index >= 15 is 0 Å². The SMILES string of the molecule is CCCS(=O)(=O)N(C)C(=O)C1=C(C)Nc2cc(C(F)(F)F)nn2C1c1ccc(Cl)c(Cl)c1. The number of alkyl halides is 3. The van der Waals surface area contributed by atoms with Gasteiger partial charge in [0.2, 0.25) is 10.0 Å². The van der Waals surface area contributed by atoms with E-state index in [1.807, 2.05) is 0 Å². The van der Waals surface area contributed by atoms with E-state index in [1.165, 1.54) is 25.1 Å². The molecular weight excluding hydrogens is 492 g/mol. The average Bonchev–Trinajstić information content (AvgIpc) is 3.12. The number of nitrogens with one attached hydrogen (secondary N) is 1. The molecule has 0 saturated heterocycles. The van der Waals surface area contributed by atoms with E-state index in [9.17, 15) is 26.4 Å². The third-order valence-corrected chi connectivity index (χ3v) is 7.58. The zero-order valence-corrected chi connectivity index (χ0v) is 19.5. The number of sulfonamides is 1. The first-order valence-corrected chi connectivity index (χ1v) is 11.7. The Morgan fingerprint density at radius 3 is 2.47 bits per heavy atom. The smallest absolute Gasteiger partial charge is 0.344 e. The van der Waals surface area contributed by atoms with E-state index in [4.69, 9.17) is 23.2 Å². The van der Waals surface area contributed by atoms with Crippen molar-refractivity contribution in [1.29, 1.82) is 0 Å². The maximum absolute atomic E-state index is 13.3. The number of likely N-dealkylation sites (N-methyl/N-ethyl adjacent to an activating group) is 1. The first-order chi connectivity index (χ1) is 14.8. The monoisotopic (exact) mass is 510 g/mol. The Hall–Kier alpha value is -2.24. The highest BCUT2D eigenvalue weighted by Gasteiger charge is 2.41. The molecule has 1 amide bonds. The fraction of sp³-hybridized carbons (Fsp3) is 0.368. The Bertz CT molecular complexity index is 1210. The number of hydrogen-bond acceptors (Lipinski definition) is 5. The van der Waals surface area contributed by atoms with Crippen LogP contribution in [0, 0.1) is 0 Å². The van der Waals surface area contributed by atoms with Gasteiger partial charge in [-0.25, -0.2) is 17.4 Å². The van der Waals surface area contributed by atoms with Gasteiger partial charge in [-0.1, -0.05) is 36.2 Å². The topological polar surface area (TPSA) is 84.3 Å². The molecule has 0 spiro atoms. The molecule has 2 aromatic rings. The van der Waals surface area contributed by atoms with Crippen LogP contribution in [0.4, 0.5) is 19.0 Å². The fourth-order valence-corrected chi connectivity index (χ4v) is 4.82. The molecular formula is C19H19Cl2F3N4O3S. The van der Waals surface area contributed by atoms with Crippen molar-refractivity contribution < 1.29 is 26.4 Å². The minimum atomic E-state index is -4.73. The molecule has 0 fully saturated rings. The van der Waals surface area contributed by atoms with E-state index in [0.717, 1.165) is 17.8 Å². The highest BCUT2D eigenvalue weighted by Crippen LogP contribution is 2.41. The fourth-order valence-electron chi connectivity index (χ4n) is 3.37. The van der Waals surface area contributed by atoms with Crippen LogP contribution < -0.4 is 5.32 Å². The summed E-state index contributed by atoms with van der Waals surface area (Å²) in [4.78, 5) is 13.3. The number of aromatic nitrogens is 2. The number of anilines is 1. The Labute approximate surface area is 192 Å². The van der Waals surface area contributed by atoms with Crippen molar-refractivity contribution in [3.8, 4) is 0 Å². The summed E-state index contributed by atoms with van der Waals surface area (Å²) < 4.78 is 66.6. The summed E-state index contributed by atoms with van der Waals surface area (Å²) in [5.74, 6) is -1.17. The van der Waals surface area contributed by atoms with Crippen molar-refractivity contribution >= 4 is 45.0 Å². The third kappa shape index (κ3) is 4.46. The number of fused-ring (bicyclic) bond motifs is 1. The number of carbonyl (C=O) groups is 1. The summed E-state index contributed by atoms with van der Waals surface area (Å²) >= 11 is 12.1. The van der Waals surface area contributed by atoms with Crippen LogP contribution in [-0.2, 0) is 21.0 Å². The van der Waals surface area contributed by atoms with Crippen LogP contribution in [0.25, 0.3) is 0 Å². The van der Waals surface area contributed by atoms with Crippen molar-refractivity contribution in [2.75, 3.05) is 18.1 Å². The van der Waals surface area contributed by atoms with Crippen molar-refractivity contribution in [1.82, 2.24) is 14.1 Å².